The first kappa shape index (κ1) is 35.9. The van der Waals surface area contributed by atoms with Crippen molar-refractivity contribution in [3.8, 4) is 0 Å². The summed E-state index contributed by atoms with van der Waals surface area (Å²) in [5.74, 6) is 0. The predicted octanol–water partition coefficient (Wildman–Crippen LogP) is 6.84. The van der Waals surface area contributed by atoms with Gasteiger partial charge in [-0.05, 0) is 87.2 Å². The van der Waals surface area contributed by atoms with Gasteiger partial charge in [0.2, 0.25) is 0 Å². The molecule has 0 saturated carbocycles. The molecule has 0 radical (unpaired) electrons. The Balaban J connectivity index is 2.13. The molecule has 0 spiro atoms. The van der Waals surface area contributed by atoms with Crippen LogP contribution in [0.2, 0.25) is 0 Å². The van der Waals surface area contributed by atoms with Gasteiger partial charge in [0.05, 0.1) is 10.6 Å². The number of rotatable bonds is 12. The number of halogens is 3. The van der Waals surface area contributed by atoms with Gasteiger partial charge >= 0.3 is 15.5 Å². The molecule has 0 aromatic heterocycles. The van der Waals surface area contributed by atoms with Crippen LogP contribution < -0.4 is 13.9 Å². The third-order valence-corrected chi connectivity index (χ3v) is 11.2. The van der Waals surface area contributed by atoms with Gasteiger partial charge in [0.15, 0.2) is 0 Å². The van der Waals surface area contributed by atoms with Gasteiger partial charge in [0.1, 0.15) is 0 Å². The zero-order valence-corrected chi connectivity index (χ0v) is 28.6. The predicted molar refractivity (Wildman–Crippen MR) is 184 cm³/mol. The lowest BCUT2D eigenvalue weighted by molar-refractivity contribution is -0.0441. The second-order valence-corrected chi connectivity index (χ2v) is 14.2. The van der Waals surface area contributed by atoms with Gasteiger partial charge < -0.3 is 9.80 Å². The molecular weight excluding hydrogens is 650 g/mol. The zero-order valence-electron chi connectivity index (χ0n) is 27.0. The molecular formula is C34H39F3N4O4S2. The van der Waals surface area contributed by atoms with Crippen LogP contribution in [-0.2, 0) is 20.0 Å². The fourth-order valence-electron chi connectivity index (χ4n) is 5.66. The van der Waals surface area contributed by atoms with Gasteiger partial charge in [0.25, 0.3) is 10.0 Å². The molecule has 0 heterocycles. The van der Waals surface area contributed by atoms with Crippen LogP contribution in [0.15, 0.2) is 88.8 Å². The average molecular weight is 689 g/mol. The van der Waals surface area contributed by atoms with Crippen molar-refractivity contribution in [3.63, 3.8) is 0 Å². The first-order valence-corrected chi connectivity index (χ1v) is 18.4. The lowest BCUT2D eigenvalue weighted by Gasteiger charge is -2.26. The van der Waals surface area contributed by atoms with E-state index in [1.807, 2.05) is 94.1 Å². The van der Waals surface area contributed by atoms with E-state index in [4.69, 9.17) is 0 Å². The Morgan fingerprint density at radius 1 is 0.745 bits per heavy atom. The van der Waals surface area contributed by atoms with E-state index in [-0.39, 0.29) is 5.56 Å². The quantitative estimate of drug-likeness (QED) is 0.224. The summed E-state index contributed by atoms with van der Waals surface area (Å²) in [5.41, 5.74) is -0.650. The molecule has 8 nitrogen and oxygen atoms in total. The highest BCUT2D eigenvalue weighted by atomic mass is 32.3. The standard InChI is InChI=1S/C34H39F3N4O4S2/c1-6-38-31-22-21-29(27-13-11-12-14-28(27)31)33(24-15-17-25(18-16-24)40(7-2)8-3)30-20-19-26(41(9-4)10-5)23-32(30)46(42,43)39-47(44,45)34(35,36)37/h11-23,39H,6-10H2,1-5H3. The number of nitrogens with zero attached hydrogens (tertiary/aromatic N) is 3. The molecule has 13 heteroatoms. The number of anilines is 2. The highest BCUT2D eigenvalue weighted by molar-refractivity contribution is 8.05. The molecule has 3 aromatic carbocycles. The summed E-state index contributed by atoms with van der Waals surface area (Å²) >= 11 is 0. The number of benzene rings is 3. The van der Waals surface area contributed by atoms with E-state index in [9.17, 15) is 30.0 Å². The molecule has 47 heavy (non-hydrogen) atoms. The number of fused-ring (bicyclic) bond motifs is 1. The van der Waals surface area contributed by atoms with E-state index in [2.05, 4.69) is 9.89 Å². The minimum absolute atomic E-state index is 0.0340. The summed E-state index contributed by atoms with van der Waals surface area (Å²) in [5, 5.41) is 0. The second kappa shape index (κ2) is 14.4. The van der Waals surface area contributed by atoms with Crippen molar-refractivity contribution >= 4 is 48.3 Å². The van der Waals surface area contributed by atoms with Crippen molar-refractivity contribution in [2.75, 3.05) is 42.5 Å². The van der Waals surface area contributed by atoms with Gasteiger partial charge in [-0.3, -0.25) is 4.99 Å². The number of hydrogen-bond donors (Lipinski definition) is 1. The summed E-state index contributed by atoms with van der Waals surface area (Å²) in [7, 11) is -11.6. The lowest BCUT2D eigenvalue weighted by atomic mass is 9.83. The van der Waals surface area contributed by atoms with Crippen molar-refractivity contribution in [1.29, 1.82) is 0 Å². The molecule has 1 aliphatic carbocycles. The van der Waals surface area contributed by atoms with E-state index in [1.165, 1.54) is 12.1 Å². The summed E-state index contributed by atoms with van der Waals surface area (Å²) in [4.78, 5) is 7.95. The molecule has 0 unspecified atom stereocenters. The van der Waals surface area contributed by atoms with Gasteiger partial charge in [-0.15, -0.1) is 0 Å². The molecule has 0 atom stereocenters. The molecule has 252 valence electrons. The third kappa shape index (κ3) is 7.47. The van der Waals surface area contributed by atoms with Crippen LogP contribution in [0, 0.1) is 0 Å². The van der Waals surface area contributed by atoms with Gasteiger partial charge in [0, 0.05) is 55.2 Å². The molecule has 0 aliphatic heterocycles. The van der Waals surface area contributed by atoms with Crippen LogP contribution in [0.1, 0.15) is 56.9 Å². The largest absolute Gasteiger partial charge is 0.512 e. The molecule has 0 saturated heterocycles. The molecule has 0 bridgehead atoms. The maximum absolute atomic E-state index is 13.8. The van der Waals surface area contributed by atoms with Crippen LogP contribution >= 0.6 is 0 Å². The first-order valence-electron chi connectivity index (χ1n) is 15.4. The van der Waals surface area contributed by atoms with Crippen LogP contribution in [0.4, 0.5) is 24.5 Å². The average Bonchev–Trinajstić information content (AvgIpc) is 3.03. The van der Waals surface area contributed by atoms with Gasteiger partial charge in [-0.1, -0.05) is 52.7 Å². The number of alkyl halides is 3. The monoisotopic (exact) mass is 688 g/mol. The SMILES string of the molecule is CCN=C1C=CC(=C(c2ccc(N(CC)CC)cc2)c2ccc(N(CC)CC)cc2S(=O)(=O)NS(=O)(=O)C(F)(F)F)c2ccccc21. The van der Waals surface area contributed by atoms with Crippen molar-refractivity contribution in [2.45, 2.75) is 45.0 Å². The minimum atomic E-state index is -6.27. The maximum atomic E-state index is 13.8. The summed E-state index contributed by atoms with van der Waals surface area (Å²) < 4.78 is 93.4. The molecule has 0 amide bonds. The number of aliphatic imine (C=N–C) groups is 1. The van der Waals surface area contributed by atoms with Crippen molar-refractivity contribution < 1.29 is 30.0 Å². The number of sulfonamides is 2. The molecule has 1 aliphatic rings. The lowest BCUT2D eigenvalue weighted by Crippen LogP contribution is -2.40. The molecule has 4 rings (SSSR count). The minimum Gasteiger partial charge on any atom is -0.372 e. The summed E-state index contributed by atoms with van der Waals surface area (Å²) in [6, 6.07) is 19.4. The van der Waals surface area contributed by atoms with E-state index in [0.717, 1.165) is 39.7 Å². The highest BCUT2D eigenvalue weighted by Crippen LogP contribution is 2.41. The second-order valence-electron chi connectivity index (χ2n) is 10.6. The van der Waals surface area contributed by atoms with Crippen LogP contribution in [0.3, 0.4) is 0 Å². The summed E-state index contributed by atoms with van der Waals surface area (Å²) in [6.45, 7) is 12.7. The van der Waals surface area contributed by atoms with E-state index < -0.39 is 30.5 Å². The Bertz CT molecular complexity index is 1910. The molecule has 3 aromatic rings. The van der Waals surface area contributed by atoms with Crippen molar-refractivity contribution in [3.05, 3.63) is 101 Å². The fraction of sp³-hybridized carbons (Fsp3) is 0.324. The first-order chi connectivity index (χ1) is 22.2. The fourth-order valence-corrected chi connectivity index (χ4v) is 8.28. The molecule has 1 N–H and O–H groups in total. The van der Waals surface area contributed by atoms with Gasteiger partial charge in [-0.2, -0.15) is 13.2 Å². The number of hydrogen-bond acceptors (Lipinski definition) is 7. The van der Waals surface area contributed by atoms with Crippen LogP contribution in [-0.4, -0.2) is 60.8 Å². The van der Waals surface area contributed by atoms with E-state index in [0.29, 0.717) is 42.0 Å². The Kier molecular flexibility index (Phi) is 11.0. The van der Waals surface area contributed by atoms with Crippen LogP contribution in [0.5, 0.6) is 0 Å². The van der Waals surface area contributed by atoms with E-state index >= 15 is 0 Å². The van der Waals surface area contributed by atoms with Crippen molar-refractivity contribution in [1.82, 2.24) is 4.13 Å². The zero-order chi connectivity index (χ0) is 34.6. The van der Waals surface area contributed by atoms with Gasteiger partial charge in [-0.25, -0.2) is 16.8 Å². The Morgan fingerprint density at radius 3 is 1.85 bits per heavy atom. The molecule has 0 fully saturated rings. The summed E-state index contributed by atoms with van der Waals surface area (Å²) in [6.07, 6.45) is 3.62. The smallest absolute Gasteiger partial charge is 0.372 e. The number of allylic oxidation sites excluding steroid dienone is 3. The Hall–Kier alpha value is -3.94. The maximum Gasteiger partial charge on any atom is 0.512 e. The van der Waals surface area contributed by atoms with E-state index in [1.54, 1.807) is 12.1 Å². The normalized spacial score (nSPS) is 15.4. The Labute approximate surface area is 275 Å². The third-order valence-electron chi connectivity index (χ3n) is 7.96. The van der Waals surface area contributed by atoms with Crippen molar-refractivity contribution in [2.24, 2.45) is 4.99 Å². The van der Waals surface area contributed by atoms with Crippen LogP contribution in [0.25, 0.3) is 11.1 Å². The highest BCUT2D eigenvalue weighted by Gasteiger charge is 2.49. The Morgan fingerprint density at radius 2 is 1.30 bits per heavy atom. The topological polar surface area (TPSA) is 99.1 Å². The number of nitrogens with one attached hydrogen (secondary N) is 1.